The zero-order chi connectivity index (χ0) is 14.7. The largest absolute Gasteiger partial charge is 0.573 e. The molecule has 0 aliphatic carbocycles. The molecule has 1 aromatic rings. The number of ether oxygens (including phenoxy) is 2. The van der Waals surface area contributed by atoms with Crippen molar-refractivity contribution >= 4 is 5.97 Å². The van der Waals surface area contributed by atoms with Gasteiger partial charge in [0.15, 0.2) is 5.75 Å². The number of carboxylic acid groups (broad SMARTS) is 1. The van der Waals surface area contributed by atoms with E-state index in [0.717, 1.165) is 6.07 Å². The van der Waals surface area contributed by atoms with Crippen LogP contribution in [0.4, 0.5) is 13.2 Å². The lowest BCUT2D eigenvalue weighted by molar-refractivity contribution is -0.275. The van der Waals surface area contributed by atoms with E-state index in [1.54, 1.807) is 0 Å². The Kier molecular flexibility index (Phi) is 4.23. The molecule has 0 aromatic carbocycles. The molecule has 0 aliphatic heterocycles. The average Bonchev–Trinajstić information content (AvgIpc) is 2.25. The van der Waals surface area contributed by atoms with Gasteiger partial charge in [-0.1, -0.05) is 0 Å². The molecule has 8 heteroatoms. The fraction of sp³-hybridized carbons (Fsp3) is 0.455. The number of hydrogen-bond donors (Lipinski definition) is 1. The third-order valence-electron chi connectivity index (χ3n) is 2.11. The van der Waals surface area contributed by atoms with E-state index in [2.05, 4.69) is 9.72 Å². The number of aromatic nitrogens is 1. The molecular formula is C11H12F3NO4. The first-order valence-corrected chi connectivity index (χ1v) is 5.19. The van der Waals surface area contributed by atoms with Crippen LogP contribution in [0.15, 0.2) is 18.3 Å². The fourth-order valence-electron chi connectivity index (χ4n) is 0.997. The highest BCUT2D eigenvalue weighted by Crippen LogP contribution is 2.30. The predicted molar refractivity (Wildman–Crippen MR) is 57.8 cm³/mol. The molecular weight excluding hydrogens is 267 g/mol. The quantitative estimate of drug-likeness (QED) is 0.896. The van der Waals surface area contributed by atoms with Gasteiger partial charge in [0.25, 0.3) is 5.88 Å². The molecule has 1 rings (SSSR count). The highest BCUT2D eigenvalue weighted by Gasteiger charge is 2.34. The van der Waals surface area contributed by atoms with Crippen molar-refractivity contribution in [2.45, 2.75) is 20.2 Å². The molecule has 0 spiro atoms. The van der Waals surface area contributed by atoms with Crippen LogP contribution in [0, 0.1) is 5.41 Å². The molecule has 106 valence electrons. The Morgan fingerprint density at radius 2 is 2.05 bits per heavy atom. The Balaban J connectivity index is 2.82. The zero-order valence-corrected chi connectivity index (χ0v) is 10.2. The fourth-order valence-corrected chi connectivity index (χ4v) is 0.997. The van der Waals surface area contributed by atoms with E-state index in [0.29, 0.717) is 0 Å². The van der Waals surface area contributed by atoms with Crippen LogP contribution in [-0.4, -0.2) is 29.0 Å². The van der Waals surface area contributed by atoms with Gasteiger partial charge in [-0.2, -0.15) is 0 Å². The standard InChI is InChI=1S/C11H12F3NO4/c1-10(2,9(16)17)6-18-8-7(4-3-5-15-8)19-11(12,13)14/h3-5H,6H2,1-2H3,(H,16,17). The van der Waals surface area contributed by atoms with Gasteiger partial charge in [-0.3, -0.25) is 4.79 Å². The molecule has 1 aromatic heterocycles. The first kappa shape index (κ1) is 15.1. The second-order valence-corrected chi connectivity index (χ2v) is 4.33. The summed E-state index contributed by atoms with van der Waals surface area (Å²) in [6, 6.07) is 2.28. The number of carbonyl (C=O) groups is 1. The number of alkyl halides is 3. The van der Waals surface area contributed by atoms with Gasteiger partial charge in [0, 0.05) is 6.20 Å². The van der Waals surface area contributed by atoms with Crippen LogP contribution >= 0.6 is 0 Å². The summed E-state index contributed by atoms with van der Waals surface area (Å²) in [6.07, 6.45) is -3.66. The molecule has 0 saturated heterocycles. The van der Waals surface area contributed by atoms with Crippen molar-refractivity contribution in [2.75, 3.05) is 6.61 Å². The molecule has 19 heavy (non-hydrogen) atoms. The lowest BCUT2D eigenvalue weighted by Crippen LogP contribution is -2.31. The van der Waals surface area contributed by atoms with E-state index in [1.165, 1.54) is 26.1 Å². The van der Waals surface area contributed by atoms with E-state index >= 15 is 0 Å². The Bertz CT molecular complexity index is 459. The van der Waals surface area contributed by atoms with E-state index < -0.39 is 29.4 Å². The second-order valence-electron chi connectivity index (χ2n) is 4.33. The number of halogens is 3. The van der Waals surface area contributed by atoms with Crippen molar-refractivity contribution in [3.63, 3.8) is 0 Å². The SMILES string of the molecule is CC(C)(COc1ncccc1OC(F)(F)F)C(=O)O. The van der Waals surface area contributed by atoms with Gasteiger partial charge < -0.3 is 14.6 Å². The van der Waals surface area contributed by atoms with Crippen molar-refractivity contribution < 1.29 is 32.5 Å². The first-order valence-electron chi connectivity index (χ1n) is 5.19. The Hall–Kier alpha value is -1.99. The average molecular weight is 279 g/mol. The van der Waals surface area contributed by atoms with Crippen molar-refractivity contribution in [1.82, 2.24) is 4.98 Å². The lowest BCUT2D eigenvalue weighted by atomic mass is 9.95. The van der Waals surface area contributed by atoms with Crippen LogP contribution < -0.4 is 9.47 Å². The summed E-state index contributed by atoms with van der Waals surface area (Å²) in [5.41, 5.74) is -1.26. The summed E-state index contributed by atoms with van der Waals surface area (Å²) >= 11 is 0. The van der Waals surface area contributed by atoms with E-state index in [4.69, 9.17) is 9.84 Å². The first-order chi connectivity index (χ1) is 8.62. The molecule has 5 nitrogen and oxygen atoms in total. The molecule has 0 amide bonds. The van der Waals surface area contributed by atoms with Crippen molar-refractivity contribution in [3.8, 4) is 11.6 Å². The van der Waals surface area contributed by atoms with E-state index in [-0.39, 0.29) is 6.61 Å². The van der Waals surface area contributed by atoms with Crippen LogP contribution in [0.1, 0.15) is 13.8 Å². The van der Waals surface area contributed by atoms with Gasteiger partial charge in [-0.15, -0.1) is 13.2 Å². The summed E-state index contributed by atoms with van der Waals surface area (Å²) in [4.78, 5) is 14.4. The summed E-state index contributed by atoms with van der Waals surface area (Å²) in [5, 5.41) is 8.86. The van der Waals surface area contributed by atoms with Crippen LogP contribution in [0.25, 0.3) is 0 Å². The molecule has 0 unspecified atom stereocenters. The molecule has 0 fully saturated rings. The molecule has 0 bridgehead atoms. The minimum Gasteiger partial charge on any atom is -0.481 e. The second kappa shape index (κ2) is 5.33. The van der Waals surface area contributed by atoms with Crippen molar-refractivity contribution in [3.05, 3.63) is 18.3 Å². The Morgan fingerprint density at radius 1 is 1.42 bits per heavy atom. The van der Waals surface area contributed by atoms with Gasteiger partial charge in [0.05, 0.1) is 5.41 Å². The van der Waals surface area contributed by atoms with Crippen molar-refractivity contribution in [1.29, 1.82) is 0 Å². The van der Waals surface area contributed by atoms with E-state index in [1.807, 2.05) is 0 Å². The van der Waals surface area contributed by atoms with Gasteiger partial charge in [-0.05, 0) is 26.0 Å². The van der Waals surface area contributed by atoms with Crippen LogP contribution in [0.5, 0.6) is 11.6 Å². The highest BCUT2D eigenvalue weighted by molar-refractivity contribution is 5.73. The topological polar surface area (TPSA) is 68.7 Å². The Morgan fingerprint density at radius 3 is 2.58 bits per heavy atom. The van der Waals surface area contributed by atoms with Crippen LogP contribution in [0.2, 0.25) is 0 Å². The molecule has 1 heterocycles. The number of aliphatic carboxylic acids is 1. The van der Waals surface area contributed by atoms with Crippen LogP contribution in [-0.2, 0) is 4.79 Å². The third kappa shape index (κ3) is 4.65. The molecule has 0 radical (unpaired) electrons. The number of hydrogen-bond acceptors (Lipinski definition) is 4. The number of nitrogens with zero attached hydrogens (tertiary/aromatic N) is 1. The maximum absolute atomic E-state index is 12.1. The minimum atomic E-state index is -4.87. The predicted octanol–water partition coefficient (Wildman–Crippen LogP) is 2.47. The molecule has 0 atom stereocenters. The number of rotatable bonds is 5. The minimum absolute atomic E-state index is 0.340. The normalized spacial score (nSPS) is 12.1. The Labute approximate surface area is 107 Å². The number of pyridine rings is 1. The van der Waals surface area contributed by atoms with Crippen LogP contribution in [0.3, 0.4) is 0 Å². The van der Waals surface area contributed by atoms with Gasteiger partial charge in [-0.25, -0.2) is 4.98 Å². The summed E-state index contributed by atoms with van der Waals surface area (Å²) in [6.45, 7) is 2.42. The smallest absolute Gasteiger partial charge is 0.481 e. The monoisotopic (exact) mass is 279 g/mol. The third-order valence-corrected chi connectivity index (χ3v) is 2.11. The molecule has 0 aliphatic rings. The summed E-state index contributed by atoms with van der Waals surface area (Å²) < 4.78 is 45.1. The van der Waals surface area contributed by atoms with Gasteiger partial charge in [0.2, 0.25) is 0 Å². The highest BCUT2D eigenvalue weighted by atomic mass is 19.4. The maximum Gasteiger partial charge on any atom is 0.573 e. The zero-order valence-electron chi connectivity index (χ0n) is 10.2. The maximum atomic E-state index is 12.1. The van der Waals surface area contributed by atoms with E-state index in [9.17, 15) is 18.0 Å². The van der Waals surface area contributed by atoms with Gasteiger partial charge in [0.1, 0.15) is 6.61 Å². The van der Waals surface area contributed by atoms with Crippen molar-refractivity contribution in [2.24, 2.45) is 5.41 Å². The summed E-state index contributed by atoms with van der Waals surface area (Å²) in [7, 11) is 0. The lowest BCUT2D eigenvalue weighted by Gasteiger charge is -2.20. The molecule has 0 saturated carbocycles. The van der Waals surface area contributed by atoms with Gasteiger partial charge >= 0.3 is 12.3 Å². The number of carboxylic acids is 1. The summed E-state index contributed by atoms with van der Waals surface area (Å²) in [5.74, 6) is -2.16. The molecule has 1 N–H and O–H groups in total.